The van der Waals surface area contributed by atoms with Crippen LogP contribution in [0.3, 0.4) is 0 Å². The fourth-order valence-electron chi connectivity index (χ4n) is 1.67. The maximum atomic E-state index is 6.20. The molecule has 0 saturated carbocycles. The summed E-state index contributed by atoms with van der Waals surface area (Å²) < 4.78 is 6.69. The third-order valence-electron chi connectivity index (χ3n) is 2.52. The van der Waals surface area contributed by atoms with Crippen LogP contribution in [0, 0.1) is 0 Å². The van der Waals surface area contributed by atoms with Crippen molar-refractivity contribution in [3.63, 3.8) is 0 Å². The highest BCUT2D eigenvalue weighted by Crippen LogP contribution is 2.37. The van der Waals surface area contributed by atoms with Crippen molar-refractivity contribution in [2.45, 2.75) is 6.54 Å². The zero-order valence-corrected chi connectivity index (χ0v) is 13.3. The Kier molecular flexibility index (Phi) is 5.11. The van der Waals surface area contributed by atoms with Gasteiger partial charge in [-0.3, -0.25) is 0 Å². The van der Waals surface area contributed by atoms with E-state index in [4.69, 9.17) is 27.9 Å². The van der Waals surface area contributed by atoms with E-state index in [1.54, 1.807) is 24.3 Å². The van der Waals surface area contributed by atoms with Crippen molar-refractivity contribution in [1.29, 1.82) is 0 Å². The molecule has 5 heteroatoms. The number of nitrogens with one attached hydrogen (secondary N) is 1. The molecule has 0 fully saturated rings. The molecule has 0 atom stereocenters. The number of ether oxygens (including phenoxy) is 1. The summed E-state index contributed by atoms with van der Waals surface area (Å²) in [6.07, 6.45) is 0. The Labute approximate surface area is 130 Å². The fourth-order valence-corrected chi connectivity index (χ4v) is 2.66. The second-order valence-corrected chi connectivity index (χ2v) is 5.63. The van der Waals surface area contributed by atoms with Gasteiger partial charge in [-0.25, -0.2) is 0 Å². The number of benzene rings is 2. The molecule has 2 rings (SSSR count). The van der Waals surface area contributed by atoms with Gasteiger partial charge >= 0.3 is 0 Å². The van der Waals surface area contributed by atoms with Crippen LogP contribution in [0.2, 0.25) is 10.0 Å². The molecule has 0 amide bonds. The van der Waals surface area contributed by atoms with Gasteiger partial charge in [0.15, 0.2) is 5.75 Å². The van der Waals surface area contributed by atoms with Gasteiger partial charge in [0.25, 0.3) is 0 Å². The molecule has 0 radical (unpaired) electrons. The van der Waals surface area contributed by atoms with Crippen LogP contribution < -0.4 is 10.1 Å². The summed E-state index contributed by atoms with van der Waals surface area (Å²) >= 11 is 15.5. The minimum Gasteiger partial charge on any atom is -0.454 e. The molecule has 0 spiro atoms. The van der Waals surface area contributed by atoms with Crippen LogP contribution in [-0.4, -0.2) is 7.05 Å². The summed E-state index contributed by atoms with van der Waals surface area (Å²) in [5.41, 5.74) is 0.997. The van der Waals surface area contributed by atoms with Crippen molar-refractivity contribution < 1.29 is 4.74 Å². The van der Waals surface area contributed by atoms with Gasteiger partial charge in [0.1, 0.15) is 5.75 Å². The average molecular weight is 361 g/mol. The van der Waals surface area contributed by atoms with Gasteiger partial charge in [-0.1, -0.05) is 35.3 Å². The summed E-state index contributed by atoms with van der Waals surface area (Å²) in [5, 5.41) is 4.32. The quantitative estimate of drug-likeness (QED) is 0.802. The van der Waals surface area contributed by atoms with Gasteiger partial charge in [-0.15, -0.1) is 0 Å². The minimum absolute atomic E-state index is 0.578. The van der Waals surface area contributed by atoms with Crippen LogP contribution in [0.1, 0.15) is 5.56 Å². The topological polar surface area (TPSA) is 21.3 Å². The maximum absolute atomic E-state index is 6.20. The molecule has 0 aliphatic rings. The van der Waals surface area contributed by atoms with Crippen molar-refractivity contribution in [2.24, 2.45) is 0 Å². The van der Waals surface area contributed by atoms with Crippen molar-refractivity contribution in [3.05, 3.63) is 56.5 Å². The van der Waals surface area contributed by atoms with Crippen LogP contribution in [0.15, 0.2) is 40.9 Å². The Morgan fingerprint density at radius 2 is 2.00 bits per heavy atom. The van der Waals surface area contributed by atoms with E-state index in [1.165, 1.54) is 0 Å². The second-order valence-electron chi connectivity index (χ2n) is 3.94. The lowest BCUT2D eigenvalue weighted by Crippen LogP contribution is -2.06. The summed E-state index contributed by atoms with van der Waals surface area (Å²) in [7, 11) is 1.88. The molecule has 0 aromatic heterocycles. The van der Waals surface area contributed by atoms with Gasteiger partial charge in [-0.05, 0) is 47.2 Å². The Morgan fingerprint density at radius 3 is 2.68 bits per heavy atom. The van der Waals surface area contributed by atoms with E-state index in [-0.39, 0.29) is 0 Å². The number of hydrogen-bond donors (Lipinski definition) is 1. The van der Waals surface area contributed by atoms with Gasteiger partial charge in [-0.2, -0.15) is 0 Å². The third-order valence-corrected chi connectivity index (χ3v) is 3.67. The summed E-state index contributed by atoms with van der Waals surface area (Å²) in [6.45, 7) is 0.682. The van der Waals surface area contributed by atoms with E-state index in [0.717, 1.165) is 10.0 Å². The smallest absolute Gasteiger partial charge is 0.150 e. The Balaban J connectivity index is 2.37. The van der Waals surface area contributed by atoms with E-state index in [9.17, 15) is 0 Å². The van der Waals surface area contributed by atoms with E-state index >= 15 is 0 Å². The summed E-state index contributed by atoms with van der Waals surface area (Å²) in [5.74, 6) is 1.33. The van der Waals surface area contributed by atoms with E-state index in [2.05, 4.69) is 21.2 Å². The monoisotopic (exact) mass is 359 g/mol. The van der Waals surface area contributed by atoms with Gasteiger partial charge < -0.3 is 10.1 Å². The van der Waals surface area contributed by atoms with Crippen LogP contribution in [0.4, 0.5) is 0 Å². The largest absolute Gasteiger partial charge is 0.454 e. The Hall–Kier alpha value is -0.740. The third kappa shape index (κ3) is 3.63. The Bertz CT molecular complexity index is 590. The SMILES string of the molecule is CNCc1cccc(Cl)c1Oc1ccc(Cl)cc1Br. The van der Waals surface area contributed by atoms with Gasteiger partial charge in [0, 0.05) is 17.1 Å². The first-order valence-electron chi connectivity index (χ1n) is 5.66. The van der Waals surface area contributed by atoms with Crippen LogP contribution in [0.5, 0.6) is 11.5 Å². The molecule has 0 saturated heterocycles. The minimum atomic E-state index is 0.578. The van der Waals surface area contributed by atoms with E-state index in [1.807, 2.05) is 19.2 Å². The van der Waals surface area contributed by atoms with Crippen molar-refractivity contribution in [3.8, 4) is 11.5 Å². The standard InChI is InChI=1S/C14H12BrCl2NO/c1-18-8-9-3-2-4-12(17)14(9)19-13-6-5-10(16)7-11(13)15/h2-7,18H,8H2,1H3. The first-order chi connectivity index (χ1) is 9.11. The molecule has 1 N–H and O–H groups in total. The Morgan fingerprint density at radius 1 is 1.21 bits per heavy atom. The lowest BCUT2D eigenvalue weighted by Gasteiger charge is -2.13. The molecule has 2 nitrogen and oxygen atoms in total. The van der Waals surface area contributed by atoms with Gasteiger partial charge in [0.2, 0.25) is 0 Å². The highest BCUT2D eigenvalue weighted by molar-refractivity contribution is 9.10. The zero-order valence-electron chi connectivity index (χ0n) is 10.2. The number of para-hydroxylation sites is 1. The highest BCUT2D eigenvalue weighted by atomic mass is 79.9. The van der Waals surface area contributed by atoms with E-state index in [0.29, 0.717) is 28.1 Å². The predicted octanol–water partition coefficient (Wildman–Crippen LogP) is 5.27. The molecule has 2 aromatic carbocycles. The van der Waals surface area contributed by atoms with Crippen LogP contribution in [0.25, 0.3) is 0 Å². The van der Waals surface area contributed by atoms with Gasteiger partial charge in [0.05, 0.1) is 9.50 Å². The first-order valence-corrected chi connectivity index (χ1v) is 7.21. The number of hydrogen-bond acceptors (Lipinski definition) is 2. The highest BCUT2D eigenvalue weighted by Gasteiger charge is 2.11. The molecule has 0 aliphatic carbocycles. The zero-order chi connectivity index (χ0) is 13.8. The van der Waals surface area contributed by atoms with Crippen LogP contribution >= 0.6 is 39.1 Å². The van der Waals surface area contributed by atoms with Crippen molar-refractivity contribution >= 4 is 39.1 Å². The predicted molar refractivity (Wildman–Crippen MR) is 83.4 cm³/mol. The van der Waals surface area contributed by atoms with Crippen molar-refractivity contribution in [1.82, 2.24) is 5.32 Å². The lowest BCUT2D eigenvalue weighted by atomic mass is 10.2. The molecule has 0 bridgehead atoms. The molecule has 19 heavy (non-hydrogen) atoms. The molecule has 0 heterocycles. The first kappa shape index (κ1) is 14.7. The molecule has 0 aliphatic heterocycles. The second kappa shape index (κ2) is 6.62. The molecular formula is C14H12BrCl2NO. The molecular weight excluding hydrogens is 349 g/mol. The summed E-state index contributed by atoms with van der Waals surface area (Å²) in [6, 6.07) is 11.0. The maximum Gasteiger partial charge on any atom is 0.150 e. The fraction of sp³-hybridized carbons (Fsp3) is 0.143. The lowest BCUT2D eigenvalue weighted by molar-refractivity contribution is 0.471. The number of halogens is 3. The van der Waals surface area contributed by atoms with E-state index < -0.39 is 0 Å². The molecule has 2 aromatic rings. The number of rotatable bonds is 4. The normalized spacial score (nSPS) is 10.5. The summed E-state index contributed by atoms with van der Waals surface area (Å²) in [4.78, 5) is 0. The average Bonchev–Trinajstić information content (AvgIpc) is 2.36. The molecule has 0 unspecified atom stereocenters. The molecule has 100 valence electrons. The van der Waals surface area contributed by atoms with Crippen molar-refractivity contribution in [2.75, 3.05) is 7.05 Å². The van der Waals surface area contributed by atoms with Crippen LogP contribution in [-0.2, 0) is 6.54 Å².